The zero-order valence-corrected chi connectivity index (χ0v) is 21.8. The van der Waals surface area contributed by atoms with Gasteiger partial charge < -0.3 is 15.2 Å². The van der Waals surface area contributed by atoms with E-state index in [0.29, 0.717) is 12.0 Å². The van der Waals surface area contributed by atoms with Crippen LogP contribution in [0.25, 0.3) is 20.8 Å². The molecule has 9 heteroatoms. The molecule has 0 amide bonds. The van der Waals surface area contributed by atoms with E-state index in [0.717, 1.165) is 56.0 Å². The first-order chi connectivity index (χ1) is 15.6. The Labute approximate surface area is 204 Å². The van der Waals surface area contributed by atoms with Crippen LogP contribution in [0.15, 0.2) is 30.1 Å². The fraction of sp³-hybridized carbons (Fsp3) is 0.500. The predicted molar refractivity (Wildman–Crippen MR) is 138 cm³/mol. The third kappa shape index (κ3) is 6.50. The lowest BCUT2D eigenvalue weighted by Crippen LogP contribution is -2.20. The molecular formula is C24H33N5O2S2. The van der Waals surface area contributed by atoms with E-state index in [1.54, 1.807) is 36.9 Å². The number of nitrogens with one attached hydrogen (secondary N) is 1. The Balaban J connectivity index is 0.000000454. The number of pyridine rings is 1. The molecule has 3 heterocycles. The number of thioether (sulfide) groups is 1. The fourth-order valence-corrected chi connectivity index (χ4v) is 5.16. The third-order valence-corrected chi connectivity index (χ3v) is 7.19. The summed E-state index contributed by atoms with van der Waals surface area (Å²) < 4.78 is 5.64. The molecule has 7 nitrogen and oxygen atoms in total. The van der Waals surface area contributed by atoms with E-state index in [4.69, 9.17) is 15.1 Å². The first kappa shape index (κ1) is 25.6. The van der Waals surface area contributed by atoms with Crippen LogP contribution in [0.1, 0.15) is 44.5 Å². The van der Waals surface area contributed by atoms with Gasteiger partial charge in [0, 0.05) is 19.3 Å². The average Bonchev–Trinajstić information content (AvgIpc) is 3.41. The fourth-order valence-electron chi connectivity index (χ4n) is 3.64. The lowest BCUT2D eigenvalue weighted by Gasteiger charge is -2.17. The summed E-state index contributed by atoms with van der Waals surface area (Å²) in [6.45, 7) is 11.1. The normalized spacial score (nSPS) is 18.2. The zero-order valence-electron chi connectivity index (χ0n) is 20.2. The summed E-state index contributed by atoms with van der Waals surface area (Å²) in [6, 6.07) is 2.43. The van der Waals surface area contributed by atoms with Gasteiger partial charge in [-0.15, -0.1) is 17.9 Å². The van der Waals surface area contributed by atoms with Gasteiger partial charge >= 0.3 is 0 Å². The predicted octanol–water partition coefficient (Wildman–Crippen LogP) is 5.61. The molecule has 0 aromatic carbocycles. The van der Waals surface area contributed by atoms with E-state index in [1.165, 1.54) is 13.5 Å². The number of anilines is 1. The second kappa shape index (κ2) is 10.9. The minimum Gasteiger partial charge on any atom is -0.367 e. The standard InChI is InChI=1S/C20H23N5S2.C4H10O2/c1-5-13-6-7-14(10-13)23-18-16(11(2)22-20(25-18)26-4)19-24-17-12(3)21-9-8-15(17)27-19;1-4(2,5)6-3/h5,8-9,13-14H,1,6-7,10H2,2-4H3,(H,22,23,25);5H,1-3H3. The minimum atomic E-state index is -0.958. The van der Waals surface area contributed by atoms with Gasteiger partial charge in [-0.25, -0.2) is 15.0 Å². The Morgan fingerprint density at radius 3 is 2.55 bits per heavy atom. The molecule has 0 bridgehead atoms. The monoisotopic (exact) mass is 487 g/mol. The number of rotatable bonds is 6. The smallest absolute Gasteiger partial charge is 0.189 e. The average molecular weight is 488 g/mol. The van der Waals surface area contributed by atoms with Gasteiger partial charge in [0.05, 0.1) is 21.7 Å². The number of hydrogen-bond donors (Lipinski definition) is 2. The summed E-state index contributed by atoms with van der Waals surface area (Å²) in [5.41, 5.74) is 3.88. The molecule has 0 radical (unpaired) electrons. The number of aryl methyl sites for hydroxylation is 2. The largest absolute Gasteiger partial charge is 0.367 e. The van der Waals surface area contributed by atoms with Gasteiger partial charge in [0.15, 0.2) is 10.9 Å². The molecule has 178 valence electrons. The number of methoxy groups -OCH3 is 1. The van der Waals surface area contributed by atoms with Gasteiger partial charge in [-0.3, -0.25) is 4.98 Å². The maximum atomic E-state index is 8.60. The molecule has 3 aromatic heterocycles. The molecule has 3 aromatic rings. The molecule has 1 saturated carbocycles. The van der Waals surface area contributed by atoms with Crippen LogP contribution >= 0.6 is 23.1 Å². The van der Waals surface area contributed by atoms with Crippen molar-refractivity contribution in [3.8, 4) is 10.6 Å². The summed E-state index contributed by atoms with van der Waals surface area (Å²) in [5, 5.41) is 14.0. The highest BCUT2D eigenvalue weighted by atomic mass is 32.2. The van der Waals surface area contributed by atoms with Crippen LogP contribution in [-0.2, 0) is 4.74 Å². The van der Waals surface area contributed by atoms with Crippen LogP contribution in [0.4, 0.5) is 5.82 Å². The van der Waals surface area contributed by atoms with Gasteiger partial charge in [-0.2, -0.15) is 0 Å². The molecule has 0 saturated heterocycles. The highest BCUT2D eigenvalue weighted by molar-refractivity contribution is 7.98. The maximum Gasteiger partial charge on any atom is 0.189 e. The van der Waals surface area contributed by atoms with E-state index >= 15 is 0 Å². The van der Waals surface area contributed by atoms with E-state index in [-0.39, 0.29) is 0 Å². The van der Waals surface area contributed by atoms with E-state index in [9.17, 15) is 0 Å². The Bertz CT molecular complexity index is 1110. The Morgan fingerprint density at radius 2 is 1.97 bits per heavy atom. The van der Waals surface area contributed by atoms with Crippen molar-refractivity contribution >= 4 is 39.1 Å². The van der Waals surface area contributed by atoms with Crippen LogP contribution in [0.2, 0.25) is 0 Å². The Kier molecular flexibility index (Phi) is 8.44. The molecule has 0 aliphatic heterocycles. The topological polar surface area (TPSA) is 93.1 Å². The second-order valence-electron chi connectivity index (χ2n) is 8.58. The number of allylic oxidation sites excluding steroid dienone is 1. The molecular weight excluding hydrogens is 454 g/mol. The number of hydrogen-bond acceptors (Lipinski definition) is 9. The van der Waals surface area contributed by atoms with Crippen LogP contribution < -0.4 is 5.32 Å². The first-order valence-corrected chi connectivity index (χ1v) is 13.0. The molecule has 2 N–H and O–H groups in total. The molecule has 1 aliphatic carbocycles. The number of fused-ring (bicyclic) bond motifs is 1. The van der Waals surface area contributed by atoms with Gasteiger partial charge in [-0.05, 0) is 65.2 Å². The van der Waals surface area contributed by atoms with Gasteiger partial charge in [0.2, 0.25) is 0 Å². The van der Waals surface area contributed by atoms with Crippen molar-refractivity contribution in [1.82, 2.24) is 19.9 Å². The van der Waals surface area contributed by atoms with Crippen molar-refractivity contribution < 1.29 is 9.84 Å². The highest BCUT2D eigenvalue weighted by Crippen LogP contribution is 2.38. The van der Waals surface area contributed by atoms with Crippen molar-refractivity contribution in [3.63, 3.8) is 0 Å². The lowest BCUT2D eigenvalue weighted by molar-refractivity contribution is -0.155. The number of ether oxygens (including phenoxy) is 1. The SMILES string of the molecule is C=CC1CCC(Nc2nc(SC)nc(C)c2-c2nc3c(C)nccc3s2)C1.COC(C)(C)O. The van der Waals surface area contributed by atoms with Crippen molar-refractivity contribution in [2.75, 3.05) is 18.7 Å². The van der Waals surface area contributed by atoms with Crippen molar-refractivity contribution in [1.29, 1.82) is 0 Å². The van der Waals surface area contributed by atoms with Crippen LogP contribution in [-0.4, -0.2) is 50.2 Å². The van der Waals surface area contributed by atoms with Crippen LogP contribution in [0, 0.1) is 19.8 Å². The van der Waals surface area contributed by atoms with Crippen LogP contribution in [0.3, 0.4) is 0 Å². The third-order valence-electron chi connectivity index (χ3n) is 5.60. The van der Waals surface area contributed by atoms with Gasteiger partial charge in [-0.1, -0.05) is 17.8 Å². The molecule has 1 aliphatic rings. The van der Waals surface area contributed by atoms with Crippen molar-refractivity contribution in [3.05, 3.63) is 36.3 Å². The van der Waals surface area contributed by atoms with Crippen LogP contribution in [0.5, 0.6) is 0 Å². The summed E-state index contributed by atoms with van der Waals surface area (Å²) in [6.07, 6.45) is 9.34. The number of nitrogens with zero attached hydrogens (tertiary/aromatic N) is 4. The van der Waals surface area contributed by atoms with E-state index in [1.807, 2.05) is 32.4 Å². The molecule has 1 fully saturated rings. The van der Waals surface area contributed by atoms with Crippen molar-refractivity contribution in [2.24, 2.45) is 5.92 Å². The Morgan fingerprint density at radius 1 is 1.24 bits per heavy atom. The summed E-state index contributed by atoms with van der Waals surface area (Å²) in [4.78, 5) is 18.7. The van der Waals surface area contributed by atoms with Gasteiger partial charge in [0.25, 0.3) is 0 Å². The summed E-state index contributed by atoms with van der Waals surface area (Å²) in [5.74, 6) is 0.524. The highest BCUT2D eigenvalue weighted by Gasteiger charge is 2.25. The maximum absolute atomic E-state index is 8.60. The van der Waals surface area contributed by atoms with E-state index < -0.39 is 5.79 Å². The van der Waals surface area contributed by atoms with Gasteiger partial charge in [0.1, 0.15) is 16.3 Å². The first-order valence-electron chi connectivity index (χ1n) is 11.0. The molecule has 0 spiro atoms. The summed E-state index contributed by atoms with van der Waals surface area (Å²) >= 11 is 3.24. The zero-order chi connectivity index (χ0) is 24.2. The van der Waals surface area contributed by atoms with E-state index in [2.05, 4.69) is 32.7 Å². The Hall–Kier alpha value is -2.07. The number of aliphatic hydroxyl groups is 1. The minimum absolute atomic E-state index is 0.411. The molecule has 33 heavy (non-hydrogen) atoms. The quantitative estimate of drug-likeness (QED) is 0.200. The second-order valence-corrected chi connectivity index (χ2v) is 10.4. The molecule has 4 rings (SSSR count). The number of thiazole rings is 1. The van der Waals surface area contributed by atoms with Crippen molar-refractivity contribution in [2.45, 2.75) is 63.9 Å². The number of aromatic nitrogens is 4. The molecule has 2 atom stereocenters. The summed E-state index contributed by atoms with van der Waals surface area (Å²) in [7, 11) is 1.46. The molecule has 2 unspecified atom stereocenters. The lowest BCUT2D eigenvalue weighted by atomic mass is 10.1.